The number of amides is 1. The van der Waals surface area contributed by atoms with Crippen molar-refractivity contribution in [3.63, 3.8) is 0 Å². The fourth-order valence-corrected chi connectivity index (χ4v) is 1.71. The lowest BCUT2D eigenvalue weighted by atomic mass is 10.1. The Balaban J connectivity index is 2.76. The van der Waals surface area contributed by atoms with Crippen LogP contribution < -0.4 is 0 Å². The van der Waals surface area contributed by atoms with Crippen molar-refractivity contribution in [3.8, 4) is 0 Å². The van der Waals surface area contributed by atoms with E-state index in [1.807, 2.05) is 0 Å². The Morgan fingerprint density at radius 1 is 1.05 bits per heavy atom. The molecule has 0 radical (unpaired) electrons. The summed E-state index contributed by atoms with van der Waals surface area (Å²) < 4.78 is 15.9. The number of carbonyl (C=O) groups excluding carboxylic acids is 2. The van der Waals surface area contributed by atoms with Crippen LogP contribution in [0.5, 0.6) is 0 Å². The van der Waals surface area contributed by atoms with Gasteiger partial charge in [-0.3, -0.25) is 4.90 Å². The van der Waals surface area contributed by atoms with E-state index in [1.54, 1.807) is 41.5 Å². The summed E-state index contributed by atoms with van der Waals surface area (Å²) in [7, 11) is 0. The summed E-state index contributed by atoms with van der Waals surface area (Å²) in [4.78, 5) is 25.7. The van der Waals surface area contributed by atoms with E-state index >= 15 is 0 Å². The maximum absolute atomic E-state index is 12.1. The number of hydrogen-bond acceptors (Lipinski definition) is 5. The minimum Gasteiger partial charge on any atom is -0.458 e. The Kier molecular flexibility index (Phi) is 5.02. The molecule has 1 atom stereocenters. The van der Waals surface area contributed by atoms with Crippen LogP contribution in [0.15, 0.2) is 0 Å². The first-order valence-corrected chi connectivity index (χ1v) is 6.80. The van der Waals surface area contributed by atoms with Crippen LogP contribution in [0, 0.1) is 0 Å². The third kappa shape index (κ3) is 5.36. The fraction of sp³-hybridized carbons (Fsp3) is 0.857. The maximum Gasteiger partial charge on any atom is 0.411 e. The Morgan fingerprint density at radius 2 is 1.60 bits per heavy atom. The molecule has 0 saturated carbocycles. The van der Waals surface area contributed by atoms with E-state index in [4.69, 9.17) is 14.2 Å². The molecule has 0 aromatic rings. The van der Waals surface area contributed by atoms with Gasteiger partial charge in [0.1, 0.15) is 11.2 Å². The molecule has 116 valence electrons. The second kappa shape index (κ2) is 5.99. The van der Waals surface area contributed by atoms with Gasteiger partial charge in [0.25, 0.3) is 0 Å². The highest BCUT2D eigenvalue weighted by atomic mass is 16.6. The molecule has 1 fully saturated rings. The predicted molar refractivity (Wildman–Crippen MR) is 73.4 cm³/mol. The third-order valence-corrected chi connectivity index (χ3v) is 2.44. The van der Waals surface area contributed by atoms with Crippen molar-refractivity contribution in [1.29, 1.82) is 0 Å². The summed E-state index contributed by atoms with van der Waals surface area (Å²) >= 11 is 0. The molecule has 0 unspecified atom stereocenters. The van der Waals surface area contributed by atoms with Crippen molar-refractivity contribution in [2.24, 2.45) is 0 Å². The molecule has 1 aliphatic rings. The first-order valence-electron chi connectivity index (χ1n) is 6.80. The monoisotopic (exact) mass is 287 g/mol. The molecule has 0 aliphatic carbocycles. The van der Waals surface area contributed by atoms with Crippen LogP contribution in [0.25, 0.3) is 0 Å². The lowest BCUT2D eigenvalue weighted by Gasteiger charge is -2.36. The predicted octanol–water partition coefficient (Wildman–Crippen LogP) is 1.96. The standard InChI is InChI=1S/C14H25NO5/c1-13(2,3)19-11(16)10-9-18-8-7-15(10)12(17)20-14(4,5)6/h10H,7-9H2,1-6H3/t10-/m1/s1. The Morgan fingerprint density at radius 3 is 2.10 bits per heavy atom. The molecule has 6 nitrogen and oxygen atoms in total. The molecule has 0 bridgehead atoms. The second-order valence-corrected chi connectivity index (χ2v) is 6.80. The first kappa shape index (κ1) is 16.8. The van der Waals surface area contributed by atoms with Gasteiger partial charge < -0.3 is 14.2 Å². The van der Waals surface area contributed by atoms with Gasteiger partial charge >= 0.3 is 12.1 Å². The molecule has 0 aromatic heterocycles. The zero-order chi connectivity index (χ0) is 15.6. The van der Waals surface area contributed by atoms with Gasteiger partial charge in [-0.15, -0.1) is 0 Å². The average molecular weight is 287 g/mol. The van der Waals surface area contributed by atoms with E-state index < -0.39 is 29.3 Å². The molecule has 1 heterocycles. The van der Waals surface area contributed by atoms with E-state index in [9.17, 15) is 9.59 Å². The smallest absolute Gasteiger partial charge is 0.411 e. The van der Waals surface area contributed by atoms with Gasteiger partial charge in [0.15, 0.2) is 6.04 Å². The molecule has 1 saturated heterocycles. The van der Waals surface area contributed by atoms with E-state index in [-0.39, 0.29) is 6.61 Å². The summed E-state index contributed by atoms with van der Waals surface area (Å²) in [5, 5.41) is 0. The molecule has 1 aliphatic heterocycles. The van der Waals surface area contributed by atoms with Gasteiger partial charge in [0.05, 0.1) is 13.2 Å². The lowest BCUT2D eigenvalue weighted by Crippen LogP contribution is -2.55. The number of nitrogens with zero attached hydrogens (tertiary/aromatic N) is 1. The third-order valence-electron chi connectivity index (χ3n) is 2.44. The van der Waals surface area contributed by atoms with Crippen molar-refractivity contribution in [3.05, 3.63) is 0 Å². The summed E-state index contributed by atoms with van der Waals surface area (Å²) in [6.07, 6.45) is -0.517. The largest absolute Gasteiger partial charge is 0.458 e. The number of rotatable bonds is 1. The van der Waals surface area contributed by atoms with Crippen LogP contribution in [0.3, 0.4) is 0 Å². The number of ether oxygens (including phenoxy) is 3. The number of esters is 1. The number of carbonyl (C=O) groups is 2. The molecule has 1 rings (SSSR count). The van der Waals surface area contributed by atoms with Gasteiger partial charge in [-0.25, -0.2) is 9.59 Å². The molecule has 20 heavy (non-hydrogen) atoms. The summed E-state index contributed by atoms with van der Waals surface area (Å²) in [6, 6.07) is -0.752. The van der Waals surface area contributed by atoms with E-state index in [0.717, 1.165) is 0 Å². The highest BCUT2D eigenvalue weighted by Gasteiger charge is 2.37. The van der Waals surface area contributed by atoms with Gasteiger partial charge in [-0.2, -0.15) is 0 Å². The van der Waals surface area contributed by atoms with Crippen LogP contribution in [-0.2, 0) is 19.0 Å². The maximum atomic E-state index is 12.1. The van der Waals surface area contributed by atoms with Crippen LogP contribution >= 0.6 is 0 Å². The topological polar surface area (TPSA) is 65.1 Å². The lowest BCUT2D eigenvalue weighted by molar-refractivity contribution is -0.166. The summed E-state index contributed by atoms with van der Waals surface area (Å²) in [5.41, 5.74) is -1.21. The van der Waals surface area contributed by atoms with Gasteiger partial charge in [-0.1, -0.05) is 0 Å². The summed E-state index contributed by atoms with van der Waals surface area (Å²) in [5.74, 6) is -0.469. The van der Waals surface area contributed by atoms with Crippen LogP contribution in [0.4, 0.5) is 4.79 Å². The molecule has 0 aromatic carbocycles. The molecular formula is C14H25NO5. The number of morpholine rings is 1. The second-order valence-electron chi connectivity index (χ2n) is 6.80. The highest BCUT2D eigenvalue weighted by molar-refractivity contribution is 5.82. The summed E-state index contributed by atoms with van der Waals surface area (Å²) in [6.45, 7) is 11.5. The molecular weight excluding hydrogens is 262 g/mol. The normalized spacial score (nSPS) is 20.5. The zero-order valence-electron chi connectivity index (χ0n) is 13.2. The van der Waals surface area contributed by atoms with Crippen molar-refractivity contribution in [1.82, 2.24) is 4.90 Å². The zero-order valence-corrected chi connectivity index (χ0v) is 13.2. The van der Waals surface area contributed by atoms with Crippen LogP contribution in [0.1, 0.15) is 41.5 Å². The van der Waals surface area contributed by atoms with Crippen molar-refractivity contribution in [2.45, 2.75) is 58.8 Å². The van der Waals surface area contributed by atoms with E-state index in [0.29, 0.717) is 13.2 Å². The Labute approximate surface area is 120 Å². The minimum absolute atomic E-state index is 0.133. The number of hydrogen-bond donors (Lipinski definition) is 0. The van der Waals surface area contributed by atoms with Crippen LogP contribution in [0.2, 0.25) is 0 Å². The van der Waals surface area contributed by atoms with Gasteiger partial charge in [0, 0.05) is 6.54 Å². The fourth-order valence-electron chi connectivity index (χ4n) is 1.71. The Bertz CT molecular complexity index is 331. The SMILES string of the molecule is CC(C)(C)OC(=O)[C@H]1COCCN1C(=O)OC(C)(C)C. The van der Waals surface area contributed by atoms with Crippen molar-refractivity contribution < 1.29 is 23.8 Å². The van der Waals surface area contributed by atoms with E-state index in [2.05, 4.69) is 0 Å². The first-order chi connectivity index (χ1) is 8.99. The van der Waals surface area contributed by atoms with Crippen molar-refractivity contribution in [2.75, 3.05) is 19.8 Å². The van der Waals surface area contributed by atoms with Crippen molar-refractivity contribution >= 4 is 12.1 Å². The molecule has 0 spiro atoms. The van der Waals surface area contributed by atoms with Crippen LogP contribution in [-0.4, -0.2) is 54.0 Å². The molecule has 1 amide bonds. The van der Waals surface area contributed by atoms with E-state index in [1.165, 1.54) is 4.90 Å². The van der Waals surface area contributed by atoms with Gasteiger partial charge in [-0.05, 0) is 41.5 Å². The van der Waals surface area contributed by atoms with Gasteiger partial charge in [0.2, 0.25) is 0 Å². The average Bonchev–Trinajstić information content (AvgIpc) is 2.24. The molecule has 6 heteroatoms. The Hall–Kier alpha value is -1.30. The molecule has 0 N–H and O–H groups in total. The quantitative estimate of drug-likeness (QED) is 0.690. The minimum atomic E-state index is -0.752. The highest BCUT2D eigenvalue weighted by Crippen LogP contribution is 2.17.